The number of aromatic hydroxyl groups is 1. The zero-order valence-electron chi connectivity index (χ0n) is 20.1. The minimum Gasteiger partial charge on any atom is -0.508 e. The van der Waals surface area contributed by atoms with Crippen molar-refractivity contribution >= 4 is 5.97 Å². The number of rotatable bonds is 3. The van der Waals surface area contributed by atoms with E-state index in [1.807, 2.05) is 6.07 Å². The van der Waals surface area contributed by atoms with Crippen LogP contribution in [0.5, 0.6) is 5.75 Å². The maximum absolute atomic E-state index is 12.1. The second-order valence-corrected chi connectivity index (χ2v) is 10.8. The molecule has 8 heteroatoms. The molecular weight excluding hydrogens is 452 g/mol. The molecule has 1 aromatic carbocycles. The fourth-order valence-electron chi connectivity index (χ4n) is 7.49. The third kappa shape index (κ3) is 3.59. The lowest BCUT2D eigenvalue weighted by Gasteiger charge is -2.54. The van der Waals surface area contributed by atoms with Crippen molar-refractivity contribution in [1.29, 1.82) is 0 Å². The first-order valence-electron chi connectivity index (χ1n) is 12.4. The normalized spacial score (nSPS) is 44.5. The summed E-state index contributed by atoms with van der Waals surface area (Å²) in [6.45, 7) is 2.14. The van der Waals surface area contributed by atoms with Gasteiger partial charge in [-0.3, -0.25) is 0 Å². The summed E-state index contributed by atoms with van der Waals surface area (Å²) in [4.78, 5) is 12.1. The average Bonchev–Trinajstić information content (AvgIpc) is 3.15. The SMILES string of the molecule is C#C[C@]1(OC2OC(C(=O)OC)C(O)C(O)C2O)CC[C@@H]2[C@H]3CCc4cc(O)ccc4[C@@H]3CC[C@]21C. The first kappa shape index (κ1) is 24.5. The summed E-state index contributed by atoms with van der Waals surface area (Å²) >= 11 is 0. The van der Waals surface area contributed by atoms with E-state index in [1.165, 1.54) is 11.1 Å². The number of hydrogen-bond donors (Lipinski definition) is 4. The highest BCUT2D eigenvalue weighted by molar-refractivity contribution is 5.75. The van der Waals surface area contributed by atoms with Gasteiger partial charge in [-0.05, 0) is 79.5 Å². The van der Waals surface area contributed by atoms with E-state index in [-0.39, 0.29) is 5.92 Å². The van der Waals surface area contributed by atoms with Crippen LogP contribution >= 0.6 is 0 Å². The van der Waals surface area contributed by atoms with E-state index in [9.17, 15) is 25.2 Å². The largest absolute Gasteiger partial charge is 0.508 e. The van der Waals surface area contributed by atoms with Gasteiger partial charge in [0.05, 0.1) is 7.11 Å². The highest BCUT2D eigenvalue weighted by atomic mass is 16.7. The second kappa shape index (κ2) is 8.75. The van der Waals surface area contributed by atoms with E-state index in [1.54, 1.807) is 6.07 Å². The van der Waals surface area contributed by atoms with Crippen LogP contribution in [-0.2, 0) is 25.4 Å². The Kier molecular flexibility index (Phi) is 6.14. The van der Waals surface area contributed by atoms with Crippen LogP contribution < -0.4 is 0 Å². The van der Waals surface area contributed by atoms with Crippen molar-refractivity contribution in [2.45, 2.75) is 87.7 Å². The van der Waals surface area contributed by atoms with E-state index < -0.39 is 47.7 Å². The molecule has 2 saturated carbocycles. The molecule has 0 spiro atoms. The molecule has 0 aromatic heterocycles. The Morgan fingerprint density at radius 3 is 2.63 bits per heavy atom. The smallest absolute Gasteiger partial charge is 0.337 e. The molecule has 1 saturated heterocycles. The average molecular weight is 487 g/mol. The molecule has 35 heavy (non-hydrogen) atoms. The first-order chi connectivity index (χ1) is 16.7. The van der Waals surface area contributed by atoms with Crippen LogP contribution in [0.4, 0.5) is 0 Å². The molecule has 3 fully saturated rings. The molecule has 8 nitrogen and oxygen atoms in total. The topological polar surface area (TPSA) is 126 Å². The van der Waals surface area contributed by atoms with Crippen molar-refractivity contribution < 1.29 is 39.4 Å². The number of methoxy groups -OCH3 is 1. The van der Waals surface area contributed by atoms with Crippen LogP contribution in [0.2, 0.25) is 0 Å². The number of ether oxygens (including phenoxy) is 3. The first-order valence-corrected chi connectivity index (χ1v) is 12.4. The van der Waals surface area contributed by atoms with E-state index in [0.29, 0.717) is 24.0 Å². The number of aryl methyl sites for hydroxylation is 1. The number of carbonyl (C=O) groups excluding carboxylic acids is 1. The van der Waals surface area contributed by atoms with E-state index in [2.05, 4.69) is 23.6 Å². The Morgan fingerprint density at radius 1 is 1.14 bits per heavy atom. The van der Waals surface area contributed by atoms with Crippen LogP contribution in [0.15, 0.2) is 18.2 Å². The Labute approximate surface area is 205 Å². The summed E-state index contributed by atoms with van der Waals surface area (Å²) in [7, 11) is 1.15. The van der Waals surface area contributed by atoms with Gasteiger partial charge in [0.1, 0.15) is 29.7 Å². The minimum absolute atomic E-state index is 0.284. The molecule has 3 aliphatic carbocycles. The number of fused-ring (bicyclic) bond motifs is 5. The Balaban J connectivity index is 1.42. The van der Waals surface area contributed by atoms with Gasteiger partial charge in [-0.25, -0.2) is 4.79 Å². The molecular formula is C27H34O8. The van der Waals surface area contributed by atoms with Gasteiger partial charge in [-0.1, -0.05) is 18.9 Å². The number of aliphatic hydroxyl groups is 3. The van der Waals surface area contributed by atoms with Gasteiger partial charge in [-0.15, -0.1) is 6.42 Å². The number of esters is 1. The standard InChI is InChI=1S/C27H34O8/c1-4-27(35-25-22(31)20(29)21(30)23(34-25)24(32)33-3)12-10-19-18-7-5-14-13-15(28)6-8-16(14)17(18)9-11-26(19,27)2/h1,6,8,13,17-23,25,28-31H,5,7,9-12H2,2-3H3/t17-,18-,19+,20?,21?,22?,23?,25?,26+,27-/m0/s1. The molecule has 4 N–H and O–H groups in total. The van der Waals surface area contributed by atoms with Crippen LogP contribution in [0, 0.1) is 29.6 Å². The Bertz CT molecular complexity index is 1030. The molecule has 1 aliphatic heterocycles. The molecule has 4 aliphatic rings. The lowest BCUT2D eigenvalue weighted by molar-refractivity contribution is -0.324. The van der Waals surface area contributed by atoms with Crippen LogP contribution in [0.3, 0.4) is 0 Å². The number of phenolic OH excluding ortho intramolecular Hbond substituents is 1. The summed E-state index contributed by atoms with van der Waals surface area (Å²) in [5.41, 5.74) is 1.06. The van der Waals surface area contributed by atoms with Gasteiger partial charge < -0.3 is 34.6 Å². The summed E-state index contributed by atoms with van der Waals surface area (Å²) < 4.78 is 16.7. The number of carbonyl (C=O) groups is 1. The number of benzene rings is 1. The molecule has 0 amide bonds. The maximum atomic E-state index is 12.1. The lowest BCUT2D eigenvalue weighted by atomic mass is 9.53. The van der Waals surface area contributed by atoms with Gasteiger partial charge in [0.15, 0.2) is 12.4 Å². The van der Waals surface area contributed by atoms with Gasteiger partial charge in [0.2, 0.25) is 0 Å². The maximum Gasteiger partial charge on any atom is 0.337 e. The van der Waals surface area contributed by atoms with Crippen LogP contribution in [-0.4, -0.2) is 69.8 Å². The van der Waals surface area contributed by atoms with Crippen molar-refractivity contribution in [1.82, 2.24) is 0 Å². The molecule has 0 radical (unpaired) electrons. The lowest BCUT2D eigenvalue weighted by Crippen LogP contribution is -2.63. The highest BCUT2D eigenvalue weighted by Crippen LogP contribution is 2.65. The van der Waals surface area contributed by atoms with E-state index in [0.717, 1.165) is 39.2 Å². The third-order valence-electron chi connectivity index (χ3n) is 9.38. The number of terminal acetylenes is 1. The van der Waals surface area contributed by atoms with E-state index >= 15 is 0 Å². The minimum atomic E-state index is -1.65. The predicted molar refractivity (Wildman–Crippen MR) is 124 cm³/mol. The molecule has 5 rings (SSSR count). The molecule has 0 bridgehead atoms. The van der Waals surface area contributed by atoms with Crippen molar-refractivity contribution in [2.75, 3.05) is 7.11 Å². The van der Waals surface area contributed by atoms with Crippen molar-refractivity contribution in [3.05, 3.63) is 29.3 Å². The van der Waals surface area contributed by atoms with Gasteiger partial charge in [-0.2, -0.15) is 0 Å². The Hall–Kier alpha value is -2.15. The van der Waals surface area contributed by atoms with E-state index in [4.69, 9.17) is 15.9 Å². The number of phenols is 1. The zero-order chi connectivity index (χ0) is 25.1. The summed E-state index contributed by atoms with van der Waals surface area (Å²) in [6, 6.07) is 5.69. The molecule has 1 aromatic rings. The van der Waals surface area contributed by atoms with Gasteiger partial charge in [0, 0.05) is 5.41 Å². The fourth-order valence-corrected chi connectivity index (χ4v) is 7.49. The summed E-state index contributed by atoms with van der Waals surface area (Å²) in [5.74, 6) is 3.41. The van der Waals surface area contributed by atoms with Crippen molar-refractivity contribution in [3.63, 3.8) is 0 Å². The van der Waals surface area contributed by atoms with Crippen LogP contribution in [0.1, 0.15) is 56.1 Å². The predicted octanol–water partition coefficient (Wildman–Crippen LogP) is 1.62. The molecule has 190 valence electrons. The fraction of sp³-hybridized carbons (Fsp3) is 0.667. The monoisotopic (exact) mass is 486 g/mol. The zero-order valence-corrected chi connectivity index (χ0v) is 20.1. The van der Waals surface area contributed by atoms with Gasteiger partial charge >= 0.3 is 5.97 Å². The van der Waals surface area contributed by atoms with Crippen molar-refractivity contribution in [2.24, 2.45) is 17.3 Å². The number of aliphatic hydroxyl groups excluding tert-OH is 3. The van der Waals surface area contributed by atoms with Crippen LogP contribution in [0.25, 0.3) is 0 Å². The summed E-state index contributed by atoms with van der Waals surface area (Å²) in [5, 5.41) is 41.2. The molecule has 5 unspecified atom stereocenters. The Morgan fingerprint density at radius 2 is 1.91 bits per heavy atom. The quantitative estimate of drug-likeness (QED) is 0.375. The molecule has 1 heterocycles. The molecule has 10 atom stereocenters. The highest BCUT2D eigenvalue weighted by Gasteiger charge is 2.64. The third-order valence-corrected chi connectivity index (χ3v) is 9.38. The summed E-state index contributed by atoms with van der Waals surface area (Å²) in [6.07, 6.45) is 3.39. The van der Waals surface area contributed by atoms with Crippen molar-refractivity contribution in [3.8, 4) is 18.1 Å². The van der Waals surface area contributed by atoms with Gasteiger partial charge in [0.25, 0.3) is 0 Å². The second-order valence-electron chi connectivity index (χ2n) is 10.8. The number of hydrogen-bond acceptors (Lipinski definition) is 8.